The number of ether oxygens (including phenoxy) is 1. The van der Waals surface area contributed by atoms with Crippen molar-refractivity contribution < 1.29 is 14.3 Å². The van der Waals surface area contributed by atoms with E-state index in [1.165, 1.54) is 4.88 Å². The highest BCUT2D eigenvalue weighted by molar-refractivity contribution is 7.14. The number of rotatable bonds is 5. The van der Waals surface area contributed by atoms with Crippen LogP contribution in [0.1, 0.15) is 32.1 Å². The number of aryl methyl sites for hydroxylation is 1. The molecule has 1 aromatic heterocycles. The molecule has 0 radical (unpaired) electrons. The van der Waals surface area contributed by atoms with E-state index < -0.39 is 0 Å². The Kier molecular flexibility index (Phi) is 5.61. The van der Waals surface area contributed by atoms with Crippen molar-refractivity contribution in [1.82, 2.24) is 10.2 Å². The van der Waals surface area contributed by atoms with Crippen molar-refractivity contribution in [3.05, 3.63) is 51.2 Å². The number of nitrogens with one attached hydrogen (secondary N) is 1. The predicted molar refractivity (Wildman–Crippen MR) is 103 cm³/mol. The van der Waals surface area contributed by atoms with Crippen molar-refractivity contribution in [3.8, 4) is 5.75 Å². The van der Waals surface area contributed by atoms with Gasteiger partial charge in [0.25, 0.3) is 5.91 Å². The van der Waals surface area contributed by atoms with Gasteiger partial charge in [-0.3, -0.25) is 9.59 Å². The Morgan fingerprint density at radius 3 is 2.65 bits per heavy atom. The summed E-state index contributed by atoms with van der Waals surface area (Å²) in [5, 5.41) is 3.03. The van der Waals surface area contributed by atoms with Crippen LogP contribution >= 0.6 is 11.3 Å². The zero-order valence-electron chi connectivity index (χ0n) is 15.4. The fraction of sp³-hybridized carbons (Fsp3) is 0.400. The lowest BCUT2D eigenvalue weighted by Gasteiger charge is -2.21. The number of hydrogen-bond acceptors (Lipinski definition) is 4. The van der Waals surface area contributed by atoms with E-state index in [-0.39, 0.29) is 17.7 Å². The van der Waals surface area contributed by atoms with Gasteiger partial charge >= 0.3 is 0 Å². The van der Waals surface area contributed by atoms with E-state index >= 15 is 0 Å². The fourth-order valence-corrected chi connectivity index (χ4v) is 4.38. The summed E-state index contributed by atoms with van der Waals surface area (Å²) in [7, 11) is 5.16. The predicted octanol–water partition coefficient (Wildman–Crippen LogP) is 2.88. The maximum atomic E-state index is 12.5. The number of carbonyl (C=O) groups is 2. The second-order valence-corrected chi connectivity index (χ2v) is 7.90. The monoisotopic (exact) mass is 372 g/mol. The minimum absolute atomic E-state index is 0.0299. The van der Waals surface area contributed by atoms with Gasteiger partial charge < -0.3 is 15.0 Å². The molecule has 138 valence electrons. The van der Waals surface area contributed by atoms with Gasteiger partial charge in [-0.05, 0) is 48.6 Å². The minimum atomic E-state index is -0.0299. The van der Waals surface area contributed by atoms with Crippen molar-refractivity contribution >= 4 is 23.2 Å². The largest absolute Gasteiger partial charge is 0.497 e. The summed E-state index contributed by atoms with van der Waals surface area (Å²) in [5.74, 6) is 0.890. The zero-order valence-corrected chi connectivity index (χ0v) is 16.2. The summed E-state index contributed by atoms with van der Waals surface area (Å²) < 4.78 is 5.14. The first-order valence-corrected chi connectivity index (χ1v) is 9.53. The normalized spacial score (nSPS) is 15.9. The first kappa shape index (κ1) is 18.5. The Balaban J connectivity index is 1.59. The third kappa shape index (κ3) is 4.07. The maximum absolute atomic E-state index is 12.5. The highest BCUT2D eigenvalue weighted by Crippen LogP contribution is 2.33. The second-order valence-electron chi connectivity index (χ2n) is 6.76. The van der Waals surface area contributed by atoms with Crippen LogP contribution in [-0.4, -0.2) is 37.9 Å². The number of carbonyl (C=O) groups excluding carboxylic acids is 2. The summed E-state index contributed by atoms with van der Waals surface area (Å²) in [4.78, 5) is 28.3. The molecule has 0 aliphatic heterocycles. The molecule has 1 heterocycles. The quantitative estimate of drug-likeness (QED) is 0.878. The molecule has 0 bridgehead atoms. The molecule has 3 rings (SSSR count). The maximum Gasteiger partial charge on any atom is 0.263 e. The van der Waals surface area contributed by atoms with Gasteiger partial charge in [0, 0.05) is 31.4 Å². The summed E-state index contributed by atoms with van der Waals surface area (Å²) in [6, 6.07) is 9.66. The molecule has 1 N–H and O–H groups in total. The molecular formula is C20H24N2O3S. The molecule has 6 heteroatoms. The number of fused-ring (bicyclic) bond motifs is 1. The highest BCUT2D eigenvalue weighted by atomic mass is 32.1. The lowest BCUT2D eigenvalue weighted by atomic mass is 9.87. The smallest absolute Gasteiger partial charge is 0.263 e. The fourth-order valence-electron chi connectivity index (χ4n) is 3.15. The van der Waals surface area contributed by atoms with Crippen LogP contribution in [0.25, 0.3) is 0 Å². The summed E-state index contributed by atoms with van der Waals surface area (Å²) in [6.45, 7) is 0.514. The Morgan fingerprint density at radius 2 is 2.00 bits per heavy atom. The van der Waals surface area contributed by atoms with Gasteiger partial charge in [-0.1, -0.05) is 12.1 Å². The SMILES string of the molecule is COc1ccc(CNC(=O)[C@@H]2CCc3sc(C(=O)N(C)C)cc3C2)cc1. The third-order valence-corrected chi connectivity index (χ3v) is 5.92. The topological polar surface area (TPSA) is 58.6 Å². The van der Waals surface area contributed by atoms with Crippen molar-refractivity contribution in [2.24, 2.45) is 5.92 Å². The van der Waals surface area contributed by atoms with E-state index in [1.54, 1.807) is 37.4 Å². The number of benzene rings is 1. The molecule has 1 aromatic carbocycles. The number of methoxy groups -OCH3 is 1. The van der Waals surface area contributed by atoms with Crippen LogP contribution in [0.3, 0.4) is 0 Å². The Hall–Kier alpha value is -2.34. The molecular weight excluding hydrogens is 348 g/mol. The molecule has 2 aromatic rings. The molecule has 2 amide bonds. The number of nitrogens with zero attached hydrogens (tertiary/aromatic N) is 1. The lowest BCUT2D eigenvalue weighted by Crippen LogP contribution is -2.33. The van der Waals surface area contributed by atoms with E-state index in [0.717, 1.165) is 34.6 Å². The Labute approximate surface area is 158 Å². The van der Waals surface area contributed by atoms with Crippen LogP contribution < -0.4 is 10.1 Å². The van der Waals surface area contributed by atoms with Crippen LogP contribution in [0.15, 0.2) is 30.3 Å². The van der Waals surface area contributed by atoms with Gasteiger partial charge in [-0.25, -0.2) is 0 Å². The van der Waals surface area contributed by atoms with Gasteiger partial charge in [0.2, 0.25) is 5.91 Å². The van der Waals surface area contributed by atoms with Gasteiger partial charge in [0.15, 0.2) is 0 Å². The number of hydrogen-bond donors (Lipinski definition) is 1. The number of thiophene rings is 1. The van der Waals surface area contributed by atoms with Crippen LogP contribution in [0.5, 0.6) is 5.75 Å². The average molecular weight is 372 g/mol. The van der Waals surface area contributed by atoms with Gasteiger partial charge in [-0.2, -0.15) is 0 Å². The summed E-state index contributed by atoms with van der Waals surface area (Å²) in [6.07, 6.45) is 2.40. The van der Waals surface area contributed by atoms with Crippen LogP contribution in [-0.2, 0) is 24.2 Å². The zero-order chi connectivity index (χ0) is 18.7. The van der Waals surface area contributed by atoms with Gasteiger partial charge in [0.05, 0.1) is 12.0 Å². The van der Waals surface area contributed by atoms with Crippen molar-refractivity contribution in [1.29, 1.82) is 0 Å². The Bertz CT molecular complexity index is 796. The molecule has 26 heavy (non-hydrogen) atoms. The number of amides is 2. The van der Waals surface area contributed by atoms with Crippen LogP contribution in [0.2, 0.25) is 0 Å². The lowest BCUT2D eigenvalue weighted by molar-refractivity contribution is -0.125. The Morgan fingerprint density at radius 1 is 1.27 bits per heavy atom. The molecule has 1 aliphatic rings. The minimum Gasteiger partial charge on any atom is -0.497 e. The van der Waals surface area contributed by atoms with Gasteiger partial charge in [0.1, 0.15) is 5.75 Å². The highest BCUT2D eigenvalue weighted by Gasteiger charge is 2.27. The third-order valence-electron chi connectivity index (χ3n) is 4.70. The molecule has 5 nitrogen and oxygen atoms in total. The molecule has 0 fully saturated rings. The van der Waals surface area contributed by atoms with E-state index in [1.807, 2.05) is 30.3 Å². The van der Waals surface area contributed by atoms with Crippen molar-refractivity contribution in [2.45, 2.75) is 25.8 Å². The van der Waals surface area contributed by atoms with E-state index in [9.17, 15) is 9.59 Å². The van der Waals surface area contributed by atoms with Crippen LogP contribution in [0, 0.1) is 5.92 Å². The molecule has 1 aliphatic carbocycles. The van der Waals surface area contributed by atoms with Crippen molar-refractivity contribution in [2.75, 3.05) is 21.2 Å². The molecule has 0 saturated heterocycles. The van der Waals surface area contributed by atoms with E-state index in [0.29, 0.717) is 13.0 Å². The molecule has 0 saturated carbocycles. The van der Waals surface area contributed by atoms with E-state index in [4.69, 9.17) is 4.74 Å². The molecule has 0 spiro atoms. The summed E-state index contributed by atoms with van der Waals surface area (Å²) >= 11 is 1.56. The first-order chi connectivity index (χ1) is 12.5. The van der Waals surface area contributed by atoms with Crippen LogP contribution in [0.4, 0.5) is 0 Å². The average Bonchev–Trinajstić information content (AvgIpc) is 3.08. The molecule has 0 unspecified atom stereocenters. The van der Waals surface area contributed by atoms with Crippen molar-refractivity contribution in [3.63, 3.8) is 0 Å². The summed E-state index contributed by atoms with van der Waals surface area (Å²) in [5.41, 5.74) is 2.20. The standard InChI is InChI=1S/C20H24N2O3S/c1-22(2)20(24)18-11-15-10-14(6-9-17(15)26-18)19(23)21-12-13-4-7-16(25-3)8-5-13/h4-5,7-8,11,14H,6,9-10,12H2,1-3H3,(H,21,23)/t14-/m1/s1. The first-order valence-electron chi connectivity index (χ1n) is 8.72. The molecule has 1 atom stereocenters. The second kappa shape index (κ2) is 7.91. The van der Waals surface area contributed by atoms with E-state index in [2.05, 4.69) is 5.32 Å². The van der Waals surface area contributed by atoms with Gasteiger partial charge in [-0.15, -0.1) is 11.3 Å².